The van der Waals surface area contributed by atoms with E-state index in [0.717, 1.165) is 0 Å². The highest BCUT2D eigenvalue weighted by Gasteiger charge is 2.34. The molecule has 1 aliphatic rings. The minimum atomic E-state index is -0.274. The van der Waals surface area contributed by atoms with E-state index >= 15 is 0 Å². The lowest BCUT2D eigenvalue weighted by atomic mass is 10.1. The summed E-state index contributed by atoms with van der Waals surface area (Å²) in [5, 5.41) is 12.8. The number of aromatic nitrogens is 4. The number of fused-ring (bicyclic) bond motifs is 1. The zero-order valence-electron chi connectivity index (χ0n) is 14.1. The molecule has 2 aromatic heterocycles. The van der Waals surface area contributed by atoms with Crippen LogP contribution in [0.1, 0.15) is 31.5 Å². The number of nitrogens with one attached hydrogen (secondary N) is 1. The van der Waals surface area contributed by atoms with Gasteiger partial charge >= 0.3 is 0 Å². The maximum absolute atomic E-state index is 12.4. The fourth-order valence-corrected chi connectivity index (χ4v) is 3.72. The minimum absolute atomic E-state index is 0.249. The average molecular weight is 401 g/mol. The molecule has 0 radical (unpaired) electrons. The van der Waals surface area contributed by atoms with Gasteiger partial charge in [0, 0.05) is 19.0 Å². The smallest absolute Gasteiger partial charge is 0.261 e. The molecule has 0 fully saturated rings. The number of amides is 2. The number of imide groups is 1. The van der Waals surface area contributed by atoms with Crippen LogP contribution in [0.5, 0.6) is 0 Å². The zero-order chi connectivity index (χ0) is 19.0. The molecule has 0 unspecified atom stereocenters. The lowest BCUT2D eigenvalue weighted by molar-refractivity contribution is 0.0656. The van der Waals surface area contributed by atoms with Crippen molar-refractivity contribution in [1.29, 1.82) is 0 Å². The zero-order valence-corrected chi connectivity index (χ0v) is 15.7. The molecule has 10 heteroatoms. The Kier molecular flexibility index (Phi) is 4.54. The van der Waals surface area contributed by atoms with Crippen LogP contribution in [0.2, 0.25) is 5.15 Å². The predicted molar refractivity (Wildman–Crippen MR) is 100 cm³/mol. The Labute approximate surface area is 163 Å². The standard InChI is InChI=1S/C17H13ClN6O2S/c1-9-19-12(18)8-13(20-9)21-17-23-22-14(27-17)6-7-24-15(25)10-4-2-3-5-11(10)16(24)26/h2-5,8H,6-7H2,1H3,(H,19,20,21,23). The molecule has 0 atom stereocenters. The van der Waals surface area contributed by atoms with Crippen LogP contribution in [-0.2, 0) is 6.42 Å². The van der Waals surface area contributed by atoms with Crippen LogP contribution in [0.3, 0.4) is 0 Å². The van der Waals surface area contributed by atoms with E-state index in [4.69, 9.17) is 11.6 Å². The molecular formula is C17H13ClN6O2S. The van der Waals surface area contributed by atoms with E-state index in [-0.39, 0.29) is 18.4 Å². The molecule has 3 aromatic rings. The molecule has 0 saturated carbocycles. The molecule has 3 heterocycles. The van der Waals surface area contributed by atoms with Crippen molar-refractivity contribution in [2.45, 2.75) is 13.3 Å². The third kappa shape index (κ3) is 3.51. The molecule has 27 heavy (non-hydrogen) atoms. The van der Waals surface area contributed by atoms with Crippen molar-refractivity contribution in [1.82, 2.24) is 25.1 Å². The molecule has 0 aliphatic carbocycles. The van der Waals surface area contributed by atoms with E-state index < -0.39 is 0 Å². The highest BCUT2D eigenvalue weighted by atomic mass is 35.5. The number of carbonyl (C=O) groups is 2. The summed E-state index contributed by atoms with van der Waals surface area (Å²) in [5.74, 6) is 0.519. The predicted octanol–water partition coefficient (Wildman–Crippen LogP) is 2.87. The topological polar surface area (TPSA) is 101 Å². The first-order valence-corrected chi connectivity index (χ1v) is 9.26. The normalized spacial score (nSPS) is 13.2. The van der Waals surface area contributed by atoms with Gasteiger partial charge in [-0.05, 0) is 19.1 Å². The van der Waals surface area contributed by atoms with Crippen molar-refractivity contribution in [3.8, 4) is 0 Å². The van der Waals surface area contributed by atoms with Gasteiger partial charge in [0.2, 0.25) is 5.13 Å². The molecule has 8 nitrogen and oxygen atoms in total. The number of hydrogen-bond acceptors (Lipinski definition) is 8. The number of hydrogen-bond donors (Lipinski definition) is 1. The van der Waals surface area contributed by atoms with E-state index in [1.54, 1.807) is 37.3 Å². The largest absolute Gasteiger partial charge is 0.315 e. The van der Waals surface area contributed by atoms with Gasteiger partial charge in [-0.2, -0.15) is 0 Å². The minimum Gasteiger partial charge on any atom is -0.315 e. The van der Waals surface area contributed by atoms with E-state index in [1.165, 1.54) is 16.2 Å². The van der Waals surface area contributed by atoms with E-state index in [1.807, 2.05) is 0 Å². The van der Waals surface area contributed by atoms with Crippen LogP contribution in [-0.4, -0.2) is 43.4 Å². The van der Waals surface area contributed by atoms with Crippen LogP contribution in [0, 0.1) is 6.92 Å². The third-order valence-electron chi connectivity index (χ3n) is 3.94. The highest BCUT2D eigenvalue weighted by molar-refractivity contribution is 7.15. The first-order valence-electron chi connectivity index (χ1n) is 8.07. The summed E-state index contributed by atoms with van der Waals surface area (Å²) in [4.78, 5) is 34.2. The van der Waals surface area contributed by atoms with E-state index in [9.17, 15) is 9.59 Å². The number of benzene rings is 1. The second-order valence-corrected chi connectivity index (χ2v) is 7.26. The number of aryl methyl sites for hydroxylation is 1. The lowest BCUT2D eigenvalue weighted by Gasteiger charge is -2.12. The average Bonchev–Trinajstić information content (AvgIpc) is 3.16. The summed E-state index contributed by atoms with van der Waals surface area (Å²) in [6.45, 7) is 1.99. The Hall–Kier alpha value is -2.91. The first-order chi connectivity index (χ1) is 13.0. The van der Waals surface area contributed by atoms with E-state index in [0.29, 0.717) is 44.5 Å². The Bertz CT molecular complexity index is 998. The summed E-state index contributed by atoms with van der Waals surface area (Å²) >= 11 is 7.24. The van der Waals surface area contributed by atoms with Gasteiger partial charge in [0.15, 0.2) is 0 Å². The number of carbonyl (C=O) groups excluding carboxylic acids is 2. The first kappa shape index (κ1) is 17.5. The van der Waals surface area contributed by atoms with Crippen molar-refractivity contribution in [2.24, 2.45) is 0 Å². The van der Waals surface area contributed by atoms with Crippen LogP contribution >= 0.6 is 22.9 Å². The molecule has 2 amide bonds. The SMILES string of the molecule is Cc1nc(Cl)cc(Nc2nnc(CCN3C(=O)c4ccccc4C3=O)s2)n1. The van der Waals surface area contributed by atoms with Crippen molar-refractivity contribution in [2.75, 3.05) is 11.9 Å². The van der Waals surface area contributed by atoms with Crippen LogP contribution in [0.25, 0.3) is 0 Å². The summed E-state index contributed by atoms with van der Waals surface area (Å²) < 4.78 is 0. The lowest BCUT2D eigenvalue weighted by Crippen LogP contribution is -2.31. The fraction of sp³-hybridized carbons (Fsp3) is 0.176. The molecular weight excluding hydrogens is 388 g/mol. The summed E-state index contributed by atoms with van der Waals surface area (Å²) in [7, 11) is 0. The van der Waals surface area contributed by atoms with Crippen molar-refractivity contribution in [3.05, 3.63) is 57.4 Å². The fourth-order valence-electron chi connectivity index (χ4n) is 2.76. The Morgan fingerprint density at radius 3 is 2.48 bits per heavy atom. The third-order valence-corrected chi connectivity index (χ3v) is 5.03. The van der Waals surface area contributed by atoms with Gasteiger partial charge in [0.05, 0.1) is 11.1 Å². The highest BCUT2D eigenvalue weighted by Crippen LogP contribution is 2.24. The molecule has 1 N–H and O–H groups in total. The molecule has 0 spiro atoms. The maximum Gasteiger partial charge on any atom is 0.261 e. The Morgan fingerprint density at radius 1 is 1.11 bits per heavy atom. The van der Waals surface area contributed by atoms with E-state index in [2.05, 4.69) is 25.5 Å². The number of halogens is 1. The summed E-state index contributed by atoms with van der Waals surface area (Å²) in [6, 6.07) is 8.41. The maximum atomic E-state index is 12.4. The molecule has 0 bridgehead atoms. The van der Waals surface area contributed by atoms with Crippen LogP contribution in [0.15, 0.2) is 30.3 Å². The van der Waals surface area contributed by atoms with Crippen molar-refractivity contribution < 1.29 is 9.59 Å². The second-order valence-electron chi connectivity index (χ2n) is 5.81. The van der Waals surface area contributed by atoms with Crippen LogP contribution < -0.4 is 5.32 Å². The van der Waals surface area contributed by atoms with Gasteiger partial charge in [-0.15, -0.1) is 10.2 Å². The van der Waals surface area contributed by atoms with Gasteiger partial charge in [-0.25, -0.2) is 9.97 Å². The molecule has 0 saturated heterocycles. The number of nitrogens with zero attached hydrogens (tertiary/aromatic N) is 5. The Balaban J connectivity index is 1.42. The summed E-state index contributed by atoms with van der Waals surface area (Å²) in [6.07, 6.45) is 0.425. The quantitative estimate of drug-likeness (QED) is 0.519. The van der Waals surface area contributed by atoms with Crippen molar-refractivity contribution >= 4 is 45.7 Å². The van der Waals surface area contributed by atoms with Gasteiger partial charge in [0.25, 0.3) is 11.8 Å². The molecule has 136 valence electrons. The van der Waals surface area contributed by atoms with Crippen molar-refractivity contribution in [3.63, 3.8) is 0 Å². The Morgan fingerprint density at radius 2 is 1.81 bits per heavy atom. The summed E-state index contributed by atoms with van der Waals surface area (Å²) in [5.41, 5.74) is 0.885. The van der Waals surface area contributed by atoms with Gasteiger partial charge < -0.3 is 5.32 Å². The van der Waals surface area contributed by atoms with Gasteiger partial charge in [-0.1, -0.05) is 35.1 Å². The second kappa shape index (κ2) is 7.01. The molecule has 1 aliphatic heterocycles. The molecule has 1 aromatic carbocycles. The monoisotopic (exact) mass is 400 g/mol. The van der Waals surface area contributed by atoms with Gasteiger partial charge in [-0.3, -0.25) is 14.5 Å². The number of rotatable bonds is 5. The molecule has 4 rings (SSSR count). The van der Waals surface area contributed by atoms with Crippen LogP contribution in [0.4, 0.5) is 10.9 Å². The number of anilines is 2. The van der Waals surface area contributed by atoms with Gasteiger partial charge in [0.1, 0.15) is 21.8 Å².